The summed E-state index contributed by atoms with van der Waals surface area (Å²) in [5.74, 6) is -0.975. The Morgan fingerprint density at radius 1 is 1.78 bits per heavy atom. The van der Waals surface area contributed by atoms with Gasteiger partial charge in [0.25, 0.3) is 0 Å². The fraction of sp³-hybridized carbons (Fsp3) is 0.833. The second-order valence-electron chi connectivity index (χ2n) is 2.17. The van der Waals surface area contributed by atoms with E-state index in [0.29, 0.717) is 13.0 Å². The van der Waals surface area contributed by atoms with Crippen LogP contribution in [0.2, 0.25) is 0 Å². The van der Waals surface area contributed by atoms with Crippen LogP contribution in [0.3, 0.4) is 0 Å². The van der Waals surface area contributed by atoms with Crippen molar-refractivity contribution in [1.82, 2.24) is 0 Å². The lowest BCUT2D eigenvalue weighted by atomic mass is 10.1. The van der Waals surface area contributed by atoms with Crippen LogP contribution < -0.4 is 5.73 Å². The van der Waals surface area contributed by atoms with Crippen molar-refractivity contribution in [3.63, 3.8) is 0 Å². The fourth-order valence-electron chi connectivity index (χ4n) is 0.548. The maximum Gasteiger partial charge on any atom is 0.306 e. The number of carbonyl (C=O) groups is 1. The summed E-state index contributed by atoms with van der Waals surface area (Å²) in [5, 5.41) is 8.37. The lowest BCUT2D eigenvalue weighted by Crippen LogP contribution is -2.11. The van der Waals surface area contributed by atoms with Crippen molar-refractivity contribution < 1.29 is 9.90 Å². The first kappa shape index (κ1) is 8.43. The molecule has 3 N–H and O–H groups in total. The third kappa shape index (κ3) is 3.97. The summed E-state index contributed by atoms with van der Waals surface area (Å²) in [5.41, 5.74) is 5.18. The molecule has 54 valence electrons. The maximum atomic E-state index is 10.2. The molecule has 0 bridgehead atoms. The Morgan fingerprint density at radius 3 is 2.67 bits per heavy atom. The van der Waals surface area contributed by atoms with Crippen LogP contribution in [0.4, 0.5) is 0 Å². The number of carboxylic acids is 1. The first-order chi connectivity index (χ1) is 4.18. The number of rotatable bonds is 4. The molecular formula is C6H13NO2. The van der Waals surface area contributed by atoms with Crippen LogP contribution >= 0.6 is 0 Å². The van der Waals surface area contributed by atoms with Gasteiger partial charge in [0.1, 0.15) is 0 Å². The van der Waals surface area contributed by atoms with Crippen molar-refractivity contribution in [3.05, 3.63) is 0 Å². The van der Waals surface area contributed by atoms with Crippen LogP contribution in [-0.2, 0) is 4.79 Å². The van der Waals surface area contributed by atoms with E-state index in [2.05, 4.69) is 0 Å². The summed E-state index contributed by atoms with van der Waals surface area (Å²) >= 11 is 0. The van der Waals surface area contributed by atoms with E-state index in [1.54, 1.807) is 6.92 Å². The highest BCUT2D eigenvalue weighted by Crippen LogP contribution is 2.03. The van der Waals surface area contributed by atoms with Gasteiger partial charge in [-0.05, 0) is 19.4 Å². The Balaban J connectivity index is 3.27. The van der Waals surface area contributed by atoms with Crippen molar-refractivity contribution in [2.24, 2.45) is 11.7 Å². The van der Waals surface area contributed by atoms with Crippen molar-refractivity contribution >= 4 is 5.97 Å². The molecule has 0 saturated heterocycles. The summed E-state index contributed by atoms with van der Waals surface area (Å²) in [6, 6.07) is 0. The first-order valence-corrected chi connectivity index (χ1v) is 3.11. The number of nitrogens with two attached hydrogens (primary N) is 1. The van der Waals surface area contributed by atoms with E-state index >= 15 is 0 Å². The lowest BCUT2D eigenvalue weighted by Gasteiger charge is -2.02. The number of aliphatic carboxylic acids is 1. The maximum absolute atomic E-state index is 10.2. The average molecular weight is 131 g/mol. The molecule has 0 aromatic carbocycles. The molecule has 0 radical (unpaired) electrons. The summed E-state index contributed by atoms with van der Waals surface area (Å²) in [4.78, 5) is 10.2. The molecule has 0 rings (SSSR count). The second kappa shape index (κ2) is 4.32. The molecule has 0 amide bonds. The first-order valence-electron chi connectivity index (χ1n) is 3.11. The molecule has 3 nitrogen and oxygen atoms in total. The molecule has 1 unspecified atom stereocenters. The third-order valence-electron chi connectivity index (χ3n) is 1.26. The van der Waals surface area contributed by atoms with E-state index in [1.165, 1.54) is 0 Å². The largest absolute Gasteiger partial charge is 0.481 e. The van der Waals surface area contributed by atoms with Gasteiger partial charge < -0.3 is 10.8 Å². The van der Waals surface area contributed by atoms with Gasteiger partial charge in [-0.25, -0.2) is 0 Å². The van der Waals surface area contributed by atoms with Crippen LogP contribution in [0.1, 0.15) is 19.8 Å². The Morgan fingerprint density at radius 2 is 2.33 bits per heavy atom. The zero-order valence-electron chi connectivity index (χ0n) is 5.63. The molecule has 0 aromatic heterocycles. The zero-order chi connectivity index (χ0) is 7.28. The summed E-state index contributed by atoms with van der Waals surface area (Å²) < 4.78 is 0. The second-order valence-corrected chi connectivity index (χ2v) is 2.17. The van der Waals surface area contributed by atoms with E-state index < -0.39 is 5.97 Å². The van der Waals surface area contributed by atoms with Crippen LogP contribution in [0, 0.1) is 5.92 Å². The van der Waals surface area contributed by atoms with Gasteiger partial charge in [-0.1, -0.05) is 6.92 Å². The monoisotopic (exact) mass is 131 g/mol. The van der Waals surface area contributed by atoms with Gasteiger partial charge in [0.05, 0.1) is 5.92 Å². The molecule has 0 aromatic rings. The van der Waals surface area contributed by atoms with Gasteiger partial charge >= 0.3 is 5.97 Å². The summed E-state index contributed by atoms with van der Waals surface area (Å²) in [6.45, 7) is 2.27. The van der Waals surface area contributed by atoms with Crippen LogP contribution in [0.5, 0.6) is 0 Å². The van der Waals surface area contributed by atoms with Gasteiger partial charge in [0.2, 0.25) is 0 Å². The lowest BCUT2D eigenvalue weighted by molar-refractivity contribution is -0.141. The predicted molar refractivity (Wildman–Crippen MR) is 35.1 cm³/mol. The smallest absolute Gasteiger partial charge is 0.306 e. The van der Waals surface area contributed by atoms with Crippen molar-refractivity contribution in [1.29, 1.82) is 0 Å². The molecule has 0 aliphatic carbocycles. The molecule has 3 heteroatoms. The normalized spacial score (nSPS) is 13.1. The quantitative estimate of drug-likeness (QED) is 0.582. The number of hydrogen-bond acceptors (Lipinski definition) is 2. The van der Waals surface area contributed by atoms with E-state index in [9.17, 15) is 4.79 Å². The minimum atomic E-state index is -0.733. The molecule has 0 saturated carbocycles. The van der Waals surface area contributed by atoms with Crippen molar-refractivity contribution in [2.75, 3.05) is 6.54 Å². The highest BCUT2D eigenvalue weighted by atomic mass is 16.4. The third-order valence-corrected chi connectivity index (χ3v) is 1.26. The Bertz CT molecular complexity index is 93.1. The topological polar surface area (TPSA) is 63.3 Å². The van der Waals surface area contributed by atoms with Crippen molar-refractivity contribution in [2.45, 2.75) is 19.8 Å². The molecule has 9 heavy (non-hydrogen) atoms. The molecule has 0 heterocycles. The minimum absolute atomic E-state index is 0.242. The molecule has 0 aliphatic rings. The Kier molecular flexibility index (Phi) is 4.05. The fourth-order valence-corrected chi connectivity index (χ4v) is 0.548. The predicted octanol–water partition coefficient (Wildman–Crippen LogP) is 0.446. The molecule has 0 aliphatic heterocycles. The molecule has 1 atom stereocenters. The van der Waals surface area contributed by atoms with Crippen LogP contribution in [-0.4, -0.2) is 17.6 Å². The Labute approximate surface area is 54.9 Å². The van der Waals surface area contributed by atoms with Crippen LogP contribution in [0.25, 0.3) is 0 Å². The van der Waals surface area contributed by atoms with E-state index in [-0.39, 0.29) is 5.92 Å². The van der Waals surface area contributed by atoms with E-state index in [1.807, 2.05) is 0 Å². The minimum Gasteiger partial charge on any atom is -0.481 e. The van der Waals surface area contributed by atoms with E-state index in [4.69, 9.17) is 10.8 Å². The van der Waals surface area contributed by atoms with Gasteiger partial charge in [-0.2, -0.15) is 0 Å². The standard InChI is InChI=1S/C6H13NO2/c1-5(6(8)9)3-2-4-7/h5H,2-4,7H2,1H3,(H,8,9). The summed E-state index contributed by atoms with van der Waals surface area (Å²) in [6.07, 6.45) is 1.49. The van der Waals surface area contributed by atoms with Crippen LogP contribution in [0.15, 0.2) is 0 Å². The number of carboxylic acid groups (broad SMARTS) is 1. The zero-order valence-corrected chi connectivity index (χ0v) is 5.63. The van der Waals surface area contributed by atoms with Gasteiger partial charge in [0.15, 0.2) is 0 Å². The number of hydrogen-bond donors (Lipinski definition) is 2. The molecule has 0 spiro atoms. The highest BCUT2D eigenvalue weighted by Gasteiger charge is 2.08. The van der Waals surface area contributed by atoms with Crippen molar-refractivity contribution in [3.8, 4) is 0 Å². The average Bonchev–Trinajstić information content (AvgIpc) is 1.82. The van der Waals surface area contributed by atoms with Gasteiger partial charge in [-0.15, -0.1) is 0 Å². The molecular weight excluding hydrogens is 118 g/mol. The van der Waals surface area contributed by atoms with E-state index in [0.717, 1.165) is 6.42 Å². The summed E-state index contributed by atoms with van der Waals surface area (Å²) in [7, 11) is 0. The highest BCUT2D eigenvalue weighted by molar-refractivity contribution is 5.69. The SMILES string of the molecule is CC(CCCN)C(=O)O. The van der Waals surface area contributed by atoms with Gasteiger partial charge in [-0.3, -0.25) is 4.79 Å². The van der Waals surface area contributed by atoms with Gasteiger partial charge in [0, 0.05) is 0 Å². The Hall–Kier alpha value is -0.570. The molecule has 0 fully saturated rings.